The number of nitrogens with two attached hydrogens (primary N) is 1. The van der Waals surface area contributed by atoms with E-state index in [-0.39, 0.29) is 46.3 Å². The number of benzene rings is 1. The van der Waals surface area contributed by atoms with Crippen LogP contribution in [0.1, 0.15) is 61.4 Å². The molecule has 0 saturated carbocycles. The molecule has 4 rings (SSSR count). The second-order valence-electron chi connectivity index (χ2n) is 9.59. The Morgan fingerprint density at radius 3 is 2.53 bits per heavy atom. The minimum atomic E-state index is -1.46. The summed E-state index contributed by atoms with van der Waals surface area (Å²) in [6.45, 7) is 4.20. The lowest BCUT2D eigenvalue weighted by Gasteiger charge is -2.37. The predicted octanol–water partition coefficient (Wildman–Crippen LogP) is 2.85. The zero-order valence-electron chi connectivity index (χ0n) is 19.2. The van der Waals surface area contributed by atoms with Crippen LogP contribution in [-0.4, -0.2) is 63.7 Å². The van der Waals surface area contributed by atoms with E-state index >= 15 is 0 Å². The largest absolute Gasteiger partial charge is 0.481 e. The molecule has 0 spiro atoms. The molecule has 10 heteroatoms. The van der Waals surface area contributed by atoms with E-state index < -0.39 is 23.1 Å². The molecule has 2 fully saturated rings. The summed E-state index contributed by atoms with van der Waals surface area (Å²) < 4.78 is 6.06. The van der Waals surface area contributed by atoms with Crippen LogP contribution < -0.4 is 15.8 Å². The van der Waals surface area contributed by atoms with E-state index in [2.05, 4.69) is 10.2 Å². The number of anilines is 1. The maximum Gasteiger partial charge on any atom is 0.335 e. The fourth-order valence-electron chi connectivity index (χ4n) is 5.76. The molecule has 1 aromatic carbocycles. The van der Waals surface area contributed by atoms with Gasteiger partial charge in [0.15, 0.2) is 0 Å². The van der Waals surface area contributed by atoms with Gasteiger partial charge in [0.25, 0.3) is 5.91 Å². The van der Waals surface area contributed by atoms with Crippen LogP contribution in [-0.2, 0) is 16.0 Å². The Morgan fingerprint density at radius 1 is 1.24 bits per heavy atom. The lowest BCUT2D eigenvalue weighted by Crippen LogP contribution is -2.43. The number of hydrogen-bond donors (Lipinski definition) is 4. The summed E-state index contributed by atoms with van der Waals surface area (Å²) in [5.41, 5.74) is 5.38. The minimum absolute atomic E-state index is 0.146. The van der Waals surface area contributed by atoms with E-state index in [0.29, 0.717) is 18.2 Å². The summed E-state index contributed by atoms with van der Waals surface area (Å²) in [7, 11) is 0. The van der Waals surface area contributed by atoms with Crippen molar-refractivity contribution in [2.45, 2.75) is 63.0 Å². The molecule has 1 aromatic rings. The second kappa shape index (κ2) is 9.11. The molecular weight excluding hydrogens is 462 g/mol. The summed E-state index contributed by atoms with van der Waals surface area (Å²) in [5.74, 6) is -3.04. The molecule has 1 atom stereocenters. The summed E-state index contributed by atoms with van der Waals surface area (Å²) >= 11 is 6.31. The molecule has 0 aliphatic carbocycles. The molecule has 2 saturated heterocycles. The number of ether oxygens (including phenoxy) is 1. The van der Waals surface area contributed by atoms with Gasteiger partial charge in [0.05, 0.1) is 21.8 Å². The molecule has 0 aromatic heterocycles. The third-order valence-corrected chi connectivity index (χ3v) is 7.86. The zero-order valence-corrected chi connectivity index (χ0v) is 19.9. The van der Waals surface area contributed by atoms with Gasteiger partial charge in [-0.15, -0.1) is 0 Å². The topological polar surface area (TPSA) is 142 Å². The van der Waals surface area contributed by atoms with Crippen molar-refractivity contribution in [3.63, 3.8) is 0 Å². The highest BCUT2D eigenvalue weighted by molar-refractivity contribution is 6.33. The van der Waals surface area contributed by atoms with Crippen molar-refractivity contribution < 1.29 is 29.3 Å². The number of carbonyl (C=O) groups is 3. The number of rotatable bonds is 7. The maximum absolute atomic E-state index is 13.2. The fourth-order valence-corrected chi connectivity index (χ4v) is 5.99. The Labute approximate surface area is 202 Å². The molecule has 1 amide bonds. The van der Waals surface area contributed by atoms with Gasteiger partial charge in [-0.2, -0.15) is 0 Å². The van der Waals surface area contributed by atoms with Gasteiger partial charge in [-0.25, -0.2) is 9.59 Å². The molecule has 184 valence electrons. The molecule has 3 aliphatic heterocycles. The number of carbonyl (C=O) groups excluding carboxylic acids is 1. The quantitative estimate of drug-likeness (QED) is 0.337. The standard InChI is InChI=1S/C24H30ClN3O6/c1-23(16(22(32)33)13-18(29)30)7-4-14-19(26)17(25)12-15(20(14)34-23)21(31)27-9-8-24-5-2-10-28(24)11-3-6-24/h12-13H,2-11,26H2,1H3,(H,27,31)(H,29,30)(H,32,33)/b16-13+. The van der Waals surface area contributed by atoms with E-state index in [9.17, 15) is 19.5 Å². The van der Waals surface area contributed by atoms with Gasteiger partial charge in [0, 0.05) is 23.7 Å². The Kier molecular flexibility index (Phi) is 6.52. The predicted molar refractivity (Wildman–Crippen MR) is 126 cm³/mol. The molecule has 9 nitrogen and oxygen atoms in total. The Hall–Kier alpha value is -2.78. The maximum atomic E-state index is 13.2. The number of hydrogen-bond acceptors (Lipinski definition) is 6. The van der Waals surface area contributed by atoms with Crippen LogP contribution in [0.25, 0.3) is 0 Å². The number of nitrogens with zero attached hydrogens (tertiary/aromatic N) is 1. The van der Waals surface area contributed by atoms with E-state index in [1.54, 1.807) is 0 Å². The van der Waals surface area contributed by atoms with Gasteiger partial charge in [0.1, 0.15) is 11.4 Å². The van der Waals surface area contributed by atoms with Gasteiger partial charge in [-0.1, -0.05) is 11.6 Å². The monoisotopic (exact) mass is 491 g/mol. The molecule has 3 heterocycles. The van der Waals surface area contributed by atoms with Crippen molar-refractivity contribution in [2.24, 2.45) is 0 Å². The third-order valence-electron chi connectivity index (χ3n) is 7.55. The molecule has 5 N–H and O–H groups in total. The lowest BCUT2D eigenvalue weighted by atomic mass is 9.84. The molecule has 0 bridgehead atoms. The van der Waals surface area contributed by atoms with Crippen LogP contribution in [0.2, 0.25) is 5.02 Å². The first-order valence-electron chi connectivity index (χ1n) is 11.6. The number of carboxylic acid groups (broad SMARTS) is 2. The van der Waals surface area contributed by atoms with Crippen molar-refractivity contribution in [1.82, 2.24) is 10.2 Å². The van der Waals surface area contributed by atoms with Crippen molar-refractivity contribution in [2.75, 3.05) is 25.4 Å². The van der Waals surface area contributed by atoms with Crippen molar-refractivity contribution in [3.05, 3.63) is 33.9 Å². The number of aliphatic carboxylic acids is 2. The molecule has 1 unspecified atom stereocenters. The van der Waals surface area contributed by atoms with E-state index in [4.69, 9.17) is 27.2 Å². The Bertz CT molecular complexity index is 1060. The average molecular weight is 492 g/mol. The second-order valence-corrected chi connectivity index (χ2v) is 9.99. The fraction of sp³-hybridized carbons (Fsp3) is 0.542. The Balaban J connectivity index is 1.59. The SMILES string of the molecule is CC1(/C(=C/C(=O)O)C(=O)O)CCc2c(N)c(Cl)cc(C(=O)NCCC34CCCN3CCC4)c2O1. The van der Waals surface area contributed by atoms with Crippen molar-refractivity contribution in [3.8, 4) is 5.75 Å². The summed E-state index contributed by atoms with van der Waals surface area (Å²) in [4.78, 5) is 38.8. The van der Waals surface area contributed by atoms with Gasteiger partial charge in [-0.3, -0.25) is 9.69 Å². The smallest absolute Gasteiger partial charge is 0.335 e. The summed E-state index contributed by atoms with van der Waals surface area (Å²) in [6, 6.07) is 1.42. The Morgan fingerprint density at radius 2 is 1.91 bits per heavy atom. The van der Waals surface area contributed by atoms with Gasteiger partial charge < -0.3 is 26.0 Å². The van der Waals surface area contributed by atoms with Crippen molar-refractivity contribution in [1.29, 1.82) is 0 Å². The van der Waals surface area contributed by atoms with Crippen LogP contribution in [0.15, 0.2) is 17.7 Å². The highest BCUT2D eigenvalue weighted by Gasteiger charge is 2.44. The van der Waals surface area contributed by atoms with Gasteiger partial charge in [0.2, 0.25) is 0 Å². The number of nitrogen functional groups attached to an aromatic ring is 1. The first-order chi connectivity index (χ1) is 16.1. The van der Waals surface area contributed by atoms with E-state index in [1.807, 2.05) is 0 Å². The van der Waals surface area contributed by atoms with E-state index in [0.717, 1.165) is 32.4 Å². The molecular formula is C24H30ClN3O6. The van der Waals surface area contributed by atoms with Crippen LogP contribution in [0.4, 0.5) is 5.69 Å². The highest BCUT2D eigenvalue weighted by atomic mass is 35.5. The lowest BCUT2D eigenvalue weighted by molar-refractivity contribution is -0.137. The normalized spacial score (nSPS) is 23.6. The van der Waals surface area contributed by atoms with Crippen LogP contribution >= 0.6 is 11.6 Å². The molecule has 0 radical (unpaired) electrons. The number of amides is 1. The van der Waals surface area contributed by atoms with E-state index in [1.165, 1.54) is 25.8 Å². The van der Waals surface area contributed by atoms with Crippen LogP contribution in [0, 0.1) is 0 Å². The molecule has 34 heavy (non-hydrogen) atoms. The third kappa shape index (κ3) is 4.34. The average Bonchev–Trinajstić information content (AvgIpc) is 3.34. The molecule has 3 aliphatic rings. The first kappa shape index (κ1) is 24.3. The van der Waals surface area contributed by atoms with Gasteiger partial charge >= 0.3 is 11.9 Å². The summed E-state index contributed by atoms with van der Waals surface area (Å²) in [5, 5.41) is 22.0. The van der Waals surface area contributed by atoms with Crippen molar-refractivity contribution >= 4 is 35.1 Å². The van der Waals surface area contributed by atoms with Crippen LogP contribution in [0.5, 0.6) is 5.75 Å². The zero-order chi connectivity index (χ0) is 24.7. The number of nitrogens with one attached hydrogen (secondary N) is 1. The first-order valence-corrected chi connectivity index (χ1v) is 12.0. The number of carboxylic acids is 2. The highest BCUT2D eigenvalue weighted by Crippen LogP contribution is 2.45. The minimum Gasteiger partial charge on any atom is -0.481 e. The number of halogens is 1. The summed E-state index contributed by atoms with van der Waals surface area (Å²) in [6.07, 6.45) is 6.56. The number of fused-ring (bicyclic) bond motifs is 2. The van der Waals surface area contributed by atoms with Crippen LogP contribution in [0.3, 0.4) is 0 Å². The van der Waals surface area contributed by atoms with Gasteiger partial charge in [-0.05, 0) is 71.0 Å².